The van der Waals surface area contributed by atoms with E-state index in [1.165, 1.54) is 58.7 Å². The van der Waals surface area contributed by atoms with Gasteiger partial charge in [0.25, 0.3) is 0 Å². The number of rotatable bonds is 0. The smallest absolute Gasteiger partial charge is 0.0493 e. The Bertz CT molecular complexity index is 695. The highest BCUT2D eigenvalue weighted by Gasteiger charge is 2.18. The summed E-state index contributed by atoms with van der Waals surface area (Å²) in [5, 5.41) is 3.68. The van der Waals surface area contributed by atoms with E-state index in [2.05, 4.69) is 30.4 Å². The van der Waals surface area contributed by atoms with Crippen LogP contribution in [0.25, 0.3) is 16.8 Å². The molecular formula is C18H17Cl. The van der Waals surface area contributed by atoms with Crippen LogP contribution in [0.4, 0.5) is 0 Å². The van der Waals surface area contributed by atoms with Gasteiger partial charge in [0.15, 0.2) is 0 Å². The van der Waals surface area contributed by atoms with Crippen LogP contribution in [-0.2, 0) is 19.3 Å². The first-order valence-corrected chi connectivity index (χ1v) is 7.65. The maximum absolute atomic E-state index is 6.60. The minimum atomic E-state index is 0.944. The van der Waals surface area contributed by atoms with Crippen LogP contribution in [0.3, 0.4) is 0 Å². The fourth-order valence-electron chi connectivity index (χ4n) is 3.67. The zero-order chi connectivity index (χ0) is 12.8. The molecule has 19 heavy (non-hydrogen) atoms. The molecule has 2 aromatic carbocycles. The number of halogens is 1. The molecule has 2 aliphatic carbocycles. The van der Waals surface area contributed by atoms with Crippen molar-refractivity contribution in [2.24, 2.45) is 0 Å². The van der Waals surface area contributed by atoms with Crippen molar-refractivity contribution in [2.45, 2.75) is 38.5 Å². The Hall–Kier alpha value is -1.27. The van der Waals surface area contributed by atoms with E-state index in [4.69, 9.17) is 11.6 Å². The van der Waals surface area contributed by atoms with Crippen molar-refractivity contribution in [1.82, 2.24) is 0 Å². The molecule has 0 unspecified atom stereocenters. The van der Waals surface area contributed by atoms with E-state index in [9.17, 15) is 0 Å². The highest BCUT2D eigenvalue weighted by Crippen LogP contribution is 2.38. The molecule has 2 aliphatic rings. The summed E-state index contributed by atoms with van der Waals surface area (Å²) in [6, 6.07) is 6.82. The zero-order valence-electron chi connectivity index (χ0n) is 11.0. The third kappa shape index (κ3) is 1.74. The normalized spacial score (nSPS) is 17.3. The number of hydrogen-bond donors (Lipinski definition) is 0. The van der Waals surface area contributed by atoms with Crippen LogP contribution in [-0.4, -0.2) is 0 Å². The Balaban J connectivity index is 2.10. The van der Waals surface area contributed by atoms with Gasteiger partial charge in [0.2, 0.25) is 0 Å². The average molecular weight is 269 g/mol. The van der Waals surface area contributed by atoms with Gasteiger partial charge in [-0.05, 0) is 72.2 Å². The van der Waals surface area contributed by atoms with E-state index in [1.807, 2.05) is 0 Å². The van der Waals surface area contributed by atoms with Gasteiger partial charge >= 0.3 is 0 Å². The highest BCUT2D eigenvalue weighted by atomic mass is 35.5. The molecule has 0 saturated heterocycles. The lowest BCUT2D eigenvalue weighted by Gasteiger charge is -2.22. The van der Waals surface area contributed by atoms with Crippen molar-refractivity contribution >= 4 is 28.4 Å². The SMILES string of the molecule is Clc1cc2c(c3ccc4c(c13)CCCC4)CCC=C2. The fourth-order valence-corrected chi connectivity index (χ4v) is 4.00. The van der Waals surface area contributed by atoms with Crippen molar-refractivity contribution in [2.75, 3.05) is 0 Å². The maximum Gasteiger partial charge on any atom is 0.0493 e. The highest BCUT2D eigenvalue weighted by molar-refractivity contribution is 6.36. The van der Waals surface area contributed by atoms with E-state index in [-0.39, 0.29) is 0 Å². The van der Waals surface area contributed by atoms with E-state index >= 15 is 0 Å². The zero-order valence-corrected chi connectivity index (χ0v) is 11.8. The Morgan fingerprint density at radius 3 is 2.79 bits per heavy atom. The van der Waals surface area contributed by atoms with Gasteiger partial charge in [-0.25, -0.2) is 0 Å². The molecule has 0 radical (unpaired) electrons. The summed E-state index contributed by atoms with van der Waals surface area (Å²) >= 11 is 6.60. The molecule has 0 fully saturated rings. The van der Waals surface area contributed by atoms with Crippen molar-refractivity contribution < 1.29 is 0 Å². The number of allylic oxidation sites excluding steroid dienone is 1. The first-order valence-electron chi connectivity index (χ1n) is 7.27. The van der Waals surface area contributed by atoms with Gasteiger partial charge < -0.3 is 0 Å². The van der Waals surface area contributed by atoms with E-state index in [0.29, 0.717) is 0 Å². The summed E-state index contributed by atoms with van der Waals surface area (Å²) in [7, 11) is 0. The molecule has 4 rings (SSSR count). The van der Waals surface area contributed by atoms with Gasteiger partial charge in [-0.2, -0.15) is 0 Å². The van der Waals surface area contributed by atoms with Crippen LogP contribution in [0.15, 0.2) is 24.3 Å². The quantitative estimate of drug-likeness (QED) is 0.606. The van der Waals surface area contributed by atoms with Gasteiger partial charge in [-0.15, -0.1) is 0 Å². The van der Waals surface area contributed by atoms with E-state index in [0.717, 1.165) is 17.9 Å². The van der Waals surface area contributed by atoms with Crippen LogP contribution in [0.2, 0.25) is 5.02 Å². The van der Waals surface area contributed by atoms with Gasteiger partial charge in [-0.1, -0.05) is 35.9 Å². The lowest BCUT2D eigenvalue weighted by molar-refractivity contribution is 0.690. The van der Waals surface area contributed by atoms with Crippen molar-refractivity contribution in [3.63, 3.8) is 0 Å². The second kappa shape index (κ2) is 4.38. The van der Waals surface area contributed by atoms with Gasteiger partial charge in [-0.3, -0.25) is 0 Å². The minimum Gasteiger partial charge on any atom is -0.0836 e. The molecule has 0 amide bonds. The molecule has 0 bridgehead atoms. The van der Waals surface area contributed by atoms with E-state index in [1.54, 1.807) is 0 Å². The average Bonchev–Trinajstić information content (AvgIpc) is 2.46. The molecule has 0 aromatic heterocycles. The number of hydrogen-bond acceptors (Lipinski definition) is 0. The van der Waals surface area contributed by atoms with Crippen LogP contribution >= 0.6 is 11.6 Å². The molecule has 0 atom stereocenters. The summed E-state index contributed by atoms with van der Waals surface area (Å²) in [4.78, 5) is 0. The molecule has 0 N–H and O–H groups in total. The lowest BCUT2D eigenvalue weighted by Crippen LogP contribution is -2.05. The molecule has 0 heterocycles. The predicted molar refractivity (Wildman–Crippen MR) is 83.0 cm³/mol. The second-order valence-electron chi connectivity index (χ2n) is 5.70. The summed E-state index contributed by atoms with van der Waals surface area (Å²) in [5.41, 5.74) is 5.85. The maximum atomic E-state index is 6.60. The summed E-state index contributed by atoms with van der Waals surface area (Å²) in [5.74, 6) is 0. The van der Waals surface area contributed by atoms with Gasteiger partial charge in [0.1, 0.15) is 0 Å². The topological polar surface area (TPSA) is 0 Å². The number of fused-ring (bicyclic) bond motifs is 5. The molecule has 1 heteroatoms. The summed E-state index contributed by atoms with van der Waals surface area (Å²) < 4.78 is 0. The number of benzene rings is 2. The monoisotopic (exact) mass is 268 g/mol. The fraction of sp³-hybridized carbons (Fsp3) is 0.333. The standard InChI is InChI=1S/C18H17Cl/c19-17-11-13-6-2-3-7-14(13)16-10-9-12-5-1-4-8-15(12)18(16)17/h2,6,9-11H,1,3-5,7-8H2. The molecule has 0 saturated carbocycles. The summed E-state index contributed by atoms with van der Waals surface area (Å²) in [6.45, 7) is 0. The first kappa shape index (κ1) is 11.5. The van der Waals surface area contributed by atoms with Crippen LogP contribution in [0.1, 0.15) is 41.5 Å². The molecule has 96 valence electrons. The van der Waals surface area contributed by atoms with Crippen molar-refractivity contribution in [3.05, 3.63) is 51.6 Å². The van der Waals surface area contributed by atoms with Crippen molar-refractivity contribution in [3.8, 4) is 0 Å². The Morgan fingerprint density at radius 2 is 1.84 bits per heavy atom. The lowest BCUT2D eigenvalue weighted by atomic mass is 9.84. The molecule has 0 nitrogen and oxygen atoms in total. The van der Waals surface area contributed by atoms with Crippen LogP contribution in [0, 0.1) is 0 Å². The van der Waals surface area contributed by atoms with Crippen molar-refractivity contribution in [1.29, 1.82) is 0 Å². The first-order chi connectivity index (χ1) is 9.34. The largest absolute Gasteiger partial charge is 0.0836 e. The van der Waals surface area contributed by atoms with E-state index < -0.39 is 0 Å². The third-order valence-electron chi connectivity index (χ3n) is 4.59. The Kier molecular flexibility index (Phi) is 2.66. The second-order valence-corrected chi connectivity index (χ2v) is 6.11. The molecular weight excluding hydrogens is 252 g/mol. The Labute approximate surface area is 119 Å². The number of aryl methyl sites for hydroxylation is 3. The minimum absolute atomic E-state index is 0.944. The third-order valence-corrected chi connectivity index (χ3v) is 4.88. The van der Waals surface area contributed by atoms with Gasteiger partial charge in [0, 0.05) is 10.4 Å². The summed E-state index contributed by atoms with van der Waals surface area (Å²) in [6.07, 6.45) is 11.8. The molecule has 2 aromatic rings. The Morgan fingerprint density at radius 1 is 0.947 bits per heavy atom. The molecule has 0 spiro atoms. The van der Waals surface area contributed by atoms with Gasteiger partial charge in [0.05, 0.1) is 0 Å². The van der Waals surface area contributed by atoms with Crippen LogP contribution < -0.4 is 0 Å². The predicted octanol–water partition coefficient (Wildman–Crippen LogP) is 5.33. The van der Waals surface area contributed by atoms with Crippen LogP contribution in [0.5, 0.6) is 0 Å². The molecule has 0 aliphatic heterocycles.